The summed E-state index contributed by atoms with van der Waals surface area (Å²) in [4.78, 5) is 15.2. The standard InChI is InChI=1S/C12H11NO3S/c14-12(15)7-1-2-10-9(5-7)13-11(16-10)8-3-4-17-6-8/h1-2,5,8H,3-4,6H2,(H,14,15). The molecule has 88 valence electrons. The number of benzene rings is 1. The van der Waals surface area contributed by atoms with Gasteiger partial charge in [0.25, 0.3) is 0 Å². The van der Waals surface area contributed by atoms with Crippen molar-refractivity contribution >= 4 is 28.8 Å². The van der Waals surface area contributed by atoms with E-state index in [1.165, 1.54) is 0 Å². The molecule has 1 aromatic heterocycles. The molecule has 17 heavy (non-hydrogen) atoms. The number of fused-ring (bicyclic) bond motifs is 1. The fraction of sp³-hybridized carbons (Fsp3) is 0.333. The Morgan fingerprint density at radius 1 is 1.53 bits per heavy atom. The number of hydrogen-bond acceptors (Lipinski definition) is 4. The second-order valence-corrected chi connectivity index (χ2v) is 5.25. The van der Waals surface area contributed by atoms with Crippen LogP contribution in [0.4, 0.5) is 0 Å². The molecular formula is C12H11NO3S. The van der Waals surface area contributed by atoms with Gasteiger partial charge in [-0.1, -0.05) is 0 Å². The fourth-order valence-corrected chi connectivity index (χ4v) is 3.19. The maximum atomic E-state index is 10.8. The van der Waals surface area contributed by atoms with Gasteiger partial charge in [0.15, 0.2) is 11.5 Å². The number of aromatic carboxylic acids is 1. The Labute approximate surface area is 102 Å². The number of carbonyl (C=O) groups is 1. The number of aromatic nitrogens is 1. The van der Waals surface area contributed by atoms with Gasteiger partial charge in [0, 0.05) is 11.7 Å². The summed E-state index contributed by atoms with van der Waals surface area (Å²) in [5.74, 6) is 2.36. The zero-order valence-electron chi connectivity index (χ0n) is 9.05. The summed E-state index contributed by atoms with van der Waals surface area (Å²) in [5.41, 5.74) is 1.55. The predicted octanol–water partition coefficient (Wildman–Crippen LogP) is 2.75. The lowest BCUT2D eigenvalue weighted by Crippen LogP contribution is -1.96. The van der Waals surface area contributed by atoms with Gasteiger partial charge < -0.3 is 9.52 Å². The Morgan fingerprint density at radius 3 is 3.12 bits per heavy atom. The van der Waals surface area contributed by atoms with E-state index in [9.17, 15) is 4.79 Å². The molecule has 3 rings (SSSR count). The van der Waals surface area contributed by atoms with Crippen LogP contribution >= 0.6 is 11.8 Å². The maximum absolute atomic E-state index is 10.8. The summed E-state index contributed by atoms with van der Waals surface area (Å²) < 4.78 is 5.67. The van der Waals surface area contributed by atoms with Crippen LogP contribution in [-0.4, -0.2) is 27.6 Å². The smallest absolute Gasteiger partial charge is 0.335 e. The molecule has 0 bridgehead atoms. The van der Waals surface area contributed by atoms with Crippen molar-refractivity contribution in [2.45, 2.75) is 12.3 Å². The van der Waals surface area contributed by atoms with E-state index in [4.69, 9.17) is 9.52 Å². The van der Waals surface area contributed by atoms with Gasteiger partial charge >= 0.3 is 5.97 Å². The van der Waals surface area contributed by atoms with Gasteiger partial charge in [-0.15, -0.1) is 0 Å². The third-order valence-corrected chi connectivity index (χ3v) is 4.09. The molecule has 0 saturated carbocycles. The molecular weight excluding hydrogens is 238 g/mol. The van der Waals surface area contributed by atoms with Crippen LogP contribution in [0.1, 0.15) is 28.6 Å². The number of thioether (sulfide) groups is 1. The number of oxazole rings is 1. The van der Waals surface area contributed by atoms with Crippen LogP contribution in [0.5, 0.6) is 0 Å². The van der Waals surface area contributed by atoms with Crippen molar-refractivity contribution < 1.29 is 14.3 Å². The number of nitrogens with zero attached hydrogens (tertiary/aromatic N) is 1. The first-order valence-electron chi connectivity index (χ1n) is 5.45. The lowest BCUT2D eigenvalue weighted by Gasteiger charge is -1.99. The first-order valence-corrected chi connectivity index (χ1v) is 6.61. The van der Waals surface area contributed by atoms with Crippen LogP contribution in [0.2, 0.25) is 0 Å². The molecule has 1 fully saturated rings. The second kappa shape index (κ2) is 4.07. The predicted molar refractivity (Wildman–Crippen MR) is 65.7 cm³/mol. The summed E-state index contributed by atoms with van der Waals surface area (Å²) in [6, 6.07) is 4.78. The summed E-state index contributed by atoms with van der Waals surface area (Å²) in [6.07, 6.45) is 1.09. The number of carboxylic acid groups (broad SMARTS) is 1. The first-order chi connectivity index (χ1) is 8.24. The van der Waals surface area contributed by atoms with E-state index in [2.05, 4.69) is 4.98 Å². The minimum atomic E-state index is -0.937. The molecule has 0 spiro atoms. The first kappa shape index (κ1) is 10.7. The average molecular weight is 249 g/mol. The minimum absolute atomic E-state index is 0.248. The molecule has 0 amide bonds. The van der Waals surface area contributed by atoms with Gasteiger partial charge in [0.05, 0.1) is 5.56 Å². The molecule has 1 aliphatic rings. The van der Waals surface area contributed by atoms with E-state index in [-0.39, 0.29) is 5.56 Å². The lowest BCUT2D eigenvalue weighted by atomic mass is 10.1. The SMILES string of the molecule is O=C(O)c1ccc2oc(C3CCSC3)nc2c1. The Bertz CT molecular complexity index is 572. The molecule has 0 aliphatic carbocycles. The molecule has 0 radical (unpaired) electrons. The monoisotopic (exact) mass is 249 g/mol. The Morgan fingerprint density at radius 2 is 2.41 bits per heavy atom. The van der Waals surface area contributed by atoms with Gasteiger partial charge in [0.2, 0.25) is 0 Å². The van der Waals surface area contributed by atoms with Crippen LogP contribution in [0, 0.1) is 0 Å². The summed E-state index contributed by atoms with van der Waals surface area (Å²) in [5, 5.41) is 8.90. The number of hydrogen-bond donors (Lipinski definition) is 1. The molecule has 5 heteroatoms. The van der Waals surface area contributed by atoms with Gasteiger partial charge in [-0.25, -0.2) is 9.78 Å². The normalized spacial score (nSPS) is 19.9. The molecule has 1 unspecified atom stereocenters. The highest BCUT2D eigenvalue weighted by Gasteiger charge is 2.23. The minimum Gasteiger partial charge on any atom is -0.478 e. The molecule has 1 saturated heterocycles. The van der Waals surface area contributed by atoms with Crippen molar-refractivity contribution in [2.75, 3.05) is 11.5 Å². The molecule has 1 aliphatic heterocycles. The largest absolute Gasteiger partial charge is 0.478 e. The highest BCUT2D eigenvalue weighted by Crippen LogP contribution is 2.33. The van der Waals surface area contributed by atoms with Crippen LogP contribution in [-0.2, 0) is 0 Å². The molecule has 1 N–H and O–H groups in total. The van der Waals surface area contributed by atoms with Gasteiger partial charge in [-0.05, 0) is 30.4 Å². The van der Waals surface area contributed by atoms with Gasteiger partial charge in [-0.3, -0.25) is 0 Å². The van der Waals surface area contributed by atoms with E-state index in [1.54, 1.807) is 18.2 Å². The van der Waals surface area contributed by atoms with E-state index in [0.29, 0.717) is 17.0 Å². The van der Waals surface area contributed by atoms with Crippen LogP contribution in [0.25, 0.3) is 11.1 Å². The molecule has 4 nitrogen and oxygen atoms in total. The quantitative estimate of drug-likeness (QED) is 0.886. The highest BCUT2D eigenvalue weighted by atomic mass is 32.2. The number of carboxylic acids is 1. The van der Waals surface area contributed by atoms with Crippen LogP contribution < -0.4 is 0 Å². The average Bonchev–Trinajstić information content (AvgIpc) is 2.96. The third kappa shape index (κ3) is 1.91. The van der Waals surface area contributed by atoms with E-state index in [0.717, 1.165) is 23.8 Å². The maximum Gasteiger partial charge on any atom is 0.335 e. The van der Waals surface area contributed by atoms with Gasteiger partial charge in [-0.2, -0.15) is 11.8 Å². The number of rotatable bonds is 2. The van der Waals surface area contributed by atoms with E-state index in [1.807, 2.05) is 11.8 Å². The van der Waals surface area contributed by atoms with Crippen molar-refractivity contribution in [3.8, 4) is 0 Å². The third-order valence-electron chi connectivity index (χ3n) is 2.93. The lowest BCUT2D eigenvalue weighted by molar-refractivity contribution is 0.0697. The van der Waals surface area contributed by atoms with Crippen molar-refractivity contribution in [1.82, 2.24) is 4.98 Å². The molecule has 2 heterocycles. The van der Waals surface area contributed by atoms with E-state index < -0.39 is 5.97 Å². The van der Waals surface area contributed by atoms with Crippen molar-refractivity contribution in [3.63, 3.8) is 0 Å². The summed E-state index contributed by atoms with van der Waals surface area (Å²) in [6.45, 7) is 0. The molecule has 2 aromatic rings. The second-order valence-electron chi connectivity index (χ2n) is 4.10. The van der Waals surface area contributed by atoms with E-state index >= 15 is 0 Å². The Balaban J connectivity index is 2.03. The molecule has 1 atom stereocenters. The Kier molecular flexibility index (Phi) is 2.55. The van der Waals surface area contributed by atoms with Gasteiger partial charge in [0.1, 0.15) is 5.52 Å². The summed E-state index contributed by atoms with van der Waals surface area (Å²) in [7, 11) is 0. The van der Waals surface area contributed by atoms with Crippen LogP contribution in [0.3, 0.4) is 0 Å². The van der Waals surface area contributed by atoms with Crippen molar-refractivity contribution in [1.29, 1.82) is 0 Å². The highest BCUT2D eigenvalue weighted by molar-refractivity contribution is 7.99. The zero-order valence-corrected chi connectivity index (χ0v) is 9.87. The Hall–Kier alpha value is -1.49. The van der Waals surface area contributed by atoms with Crippen molar-refractivity contribution in [2.24, 2.45) is 0 Å². The molecule has 1 aromatic carbocycles. The zero-order chi connectivity index (χ0) is 11.8. The van der Waals surface area contributed by atoms with Crippen molar-refractivity contribution in [3.05, 3.63) is 29.7 Å². The topological polar surface area (TPSA) is 63.3 Å². The van der Waals surface area contributed by atoms with Crippen LogP contribution in [0.15, 0.2) is 22.6 Å². The fourth-order valence-electron chi connectivity index (χ4n) is 1.98. The summed E-state index contributed by atoms with van der Waals surface area (Å²) >= 11 is 1.90.